The Bertz CT molecular complexity index is 952. The highest BCUT2D eigenvalue weighted by molar-refractivity contribution is 5.93. The van der Waals surface area contributed by atoms with Crippen molar-refractivity contribution < 1.29 is 14.6 Å². The minimum atomic E-state index is -0.618. The number of cyclic esters (lactones) is 1. The molecule has 1 fully saturated rings. The van der Waals surface area contributed by atoms with Gasteiger partial charge in [-0.2, -0.15) is 0 Å². The van der Waals surface area contributed by atoms with Crippen LogP contribution in [0.5, 0.6) is 0 Å². The molecule has 0 amide bonds. The van der Waals surface area contributed by atoms with Crippen molar-refractivity contribution in [2.24, 2.45) is 0 Å². The van der Waals surface area contributed by atoms with E-state index < -0.39 is 6.10 Å². The zero-order valence-electron chi connectivity index (χ0n) is 16.4. The number of hydrogen-bond acceptors (Lipinski definition) is 6. The highest BCUT2D eigenvalue weighted by atomic mass is 16.5. The Labute approximate surface area is 170 Å². The lowest BCUT2D eigenvalue weighted by atomic mass is 9.95. The standard InChI is InChI=1S/C22H24N4O3/c1-14-17(6-7-18-19(14)13-29-22(18)28)20(27)12-26-9-3-4-16(26)11-25-21-8-5-15(23-2)10-24-21/h5-8,10,16,20,27H,3-4,9,11-13H2,1H3,(H,24,25)/t16?,20-/m0/s1. The number of esters is 1. The molecule has 0 aliphatic carbocycles. The van der Waals surface area contributed by atoms with Gasteiger partial charge in [-0.15, -0.1) is 0 Å². The largest absolute Gasteiger partial charge is 0.457 e. The minimum Gasteiger partial charge on any atom is -0.457 e. The lowest BCUT2D eigenvalue weighted by molar-refractivity contribution is 0.0535. The number of aliphatic hydroxyl groups is 1. The molecule has 7 heteroatoms. The molecule has 150 valence electrons. The molecule has 0 radical (unpaired) electrons. The molecule has 7 nitrogen and oxygen atoms in total. The number of carbonyl (C=O) groups is 1. The van der Waals surface area contributed by atoms with Crippen molar-refractivity contribution in [3.8, 4) is 0 Å². The van der Waals surface area contributed by atoms with Crippen LogP contribution in [0.15, 0.2) is 30.5 Å². The molecule has 1 unspecified atom stereocenters. The van der Waals surface area contributed by atoms with Crippen molar-refractivity contribution in [1.29, 1.82) is 0 Å². The van der Waals surface area contributed by atoms with Crippen LogP contribution in [0.25, 0.3) is 4.85 Å². The maximum atomic E-state index is 11.7. The number of nitrogens with one attached hydrogen (secondary N) is 1. The maximum Gasteiger partial charge on any atom is 0.338 e. The van der Waals surface area contributed by atoms with Gasteiger partial charge in [0.05, 0.1) is 18.2 Å². The number of likely N-dealkylation sites (tertiary alicyclic amines) is 1. The number of rotatable bonds is 6. The Morgan fingerprint density at radius 3 is 3.03 bits per heavy atom. The molecule has 0 bridgehead atoms. The minimum absolute atomic E-state index is 0.284. The van der Waals surface area contributed by atoms with Crippen LogP contribution in [-0.4, -0.2) is 46.6 Å². The Hall–Kier alpha value is -2.95. The molecule has 2 aliphatic rings. The maximum absolute atomic E-state index is 11.7. The molecule has 2 N–H and O–H groups in total. The molecule has 1 saturated heterocycles. The van der Waals surface area contributed by atoms with Gasteiger partial charge in [0.15, 0.2) is 0 Å². The van der Waals surface area contributed by atoms with Gasteiger partial charge in [-0.05, 0) is 49.6 Å². The number of hydrogen-bond donors (Lipinski definition) is 2. The van der Waals surface area contributed by atoms with Crippen LogP contribution in [0.4, 0.5) is 11.5 Å². The Morgan fingerprint density at radius 2 is 2.28 bits per heavy atom. The zero-order chi connectivity index (χ0) is 20.4. The molecule has 29 heavy (non-hydrogen) atoms. The Balaban J connectivity index is 1.39. The van der Waals surface area contributed by atoms with Crippen LogP contribution in [0.2, 0.25) is 0 Å². The molecular weight excluding hydrogens is 368 g/mol. The summed E-state index contributed by atoms with van der Waals surface area (Å²) in [6.07, 6.45) is 3.10. The summed E-state index contributed by atoms with van der Waals surface area (Å²) in [5, 5.41) is 14.2. The van der Waals surface area contributed by atoms with Crippen LogP contribution >= 0.6 is 0 Å². The predicted octanol–water partition coefficient (Wildman–Crippen LogP) is 3.22. The molecule has 1 aromatic heterocycles. The van der Waals surface area contributed by atoms with Crippen molar-refractivity contribution in [3.63, 3.8) is 0 Å². The van der Waals surface area contributed by atoms with Gasteiger partial charge in [-0.1, -0.05) is 12.1 Å². The SMILES string of the molecule is [C-]#[N+]c1ccc(NCC2CCCN2C[C@H](O)c2ccc3c(c2C)COC3=O)nc1. The summed E-state index contributed by atoms with van der Waals surface area (Å²) in [7, 11) is 0. The fraction of sp³-hybridized carbons (Fsp3) is 0.409. The summed E-state index contributed by atoms with van der Waals surface area (Å²) >= 11 is 0. The second-order valence-electron chi connectivity index (χ2n) is 7.58. The third-order valence-corrected chi connectivity index (χ3v) is 5.87. The fourth-order valence-electron chi connectivity index (χ4n) is 4.19. The first-order chi connectivity index (χ1) is 14.1. The number of ether oxygens (including phenoxy) is 1. The summed E-state index contributed by atoms with van der Waals surface area (Å²) in [5.41, 5.74) is 3.83. The van der Waals surface area contributed by atoms with Gasteiger partial charge >= 0.3 is 5.97 Å². The normalized spacial score (nSPS) is 19.5. The molecule has 3 heterocycles. The first-order valence-corrected chi connectivity index (χ1v) is 9.86. The van der Waals surface area contributed by atoms with Crippen LogP contribution in [0, 0.1) is 13.5 Å². The molecule has 2 atom stereocenters. The highest BCUT2D eigenvalue weighted by Crippen LogP contribution is 2.30. The topological polar surface area (TPSA) is 79.0 Å². The van der Waals surface area contributed by atoms with E-state index in [1.54, 1.807) is 18.3 Å². The molecule has 1 aromatic carbocycles. The lowest BCUT2D eigenvalue weighted by Crippen LogP contribution is -2.38. The highest BCUT2D eigenvalue weighted by Gasteiger charge is 2.29. The van der Waals surface area contributed by atoms with Crippen molar-refractivity contribution in [2.75, 3.05) is 25.0 Å². The number of aliphatic hydroxyl groups excluding tert-OH is 1. The second-order valence-corrected chi connectivity index (χ2v) is 7.58. The third kappa shape index (κ3) is 3.95. The quantitative estimate of drug-likeness (QED) is 0.581. The monoisotopic (exact) mass is 392 g/mol. The molecule has 2 aliphatic heterocycles. The first-order valence-electron chi connectivity index (χ1n) is 9.86. The van der Waals surface area contributed by atoms with E-state index in [1.165, 1.54) is 0 Å². The van der Waals surface area contributed by atoms with Crippen molar-refractivity contribution in [2.45, 2.75) is 38.5 Å². The van der Waals surface area contributed by atoms with E-state index in [1.807, 2.05) is 19.1 Å². The van der Waals surface area contributed by atoms with Gasteiger partial charge in [0.25, 0.3) is 0 Å². The van der Waals surface area contributed by atoms with Gasteiger partial charge in [0, 0.05) is 30.9 Å². The number of nitrogens with zero attached hydrogens (tertiary/aromatic N) is 3. The number of aromatic nitrogens is 1. The number of carbonyl (C=O) groups excluding carboxylic acids is 1. The summed E-state index contributed by atoms with van der Waals surface area (Å²) in [6.45, 7) is 11.5. The molecule has 2 aromatic rings. The van der Waals surface area contributed by atoms with E-state index in [9.17, 15) is 9.90 Å². The lowest BCUT2D eigenvalue weighted by Gasteiger charge is -2.28. The molecule has 0 spiro atoms. The molecular formula is C22H24N4O3. The van der Waals surface area contributed by atoms with Crippen LogP contribution in [0.3, 0.4) is 0 Å². The average Bonchev–Trinajstić information content (AvgIpc) is 3.34. The number of benzene rings is 1. The summed E-state index contributed by atoms with van der Waals surface area (Å²) in [5.74, 6) is 0.469. The van der Waals surface area contributed by atoms with E-state index in [0.717, 1.165) is 48.4 Å². The van der Waals surface area contributed by atoms with E-state index in [0.29, 0.717) is 23.8 Å². The number of β-amino-alcohol motifs (C(OH)–C–C–N with tert-alkyl or cyclic N) is 1. The summed E-state index contributed by atoms with van der Waals surface area (Å²) in [4.78, 5) is 21.6. The number of anilines is 1. The van der Waals surface area contributed by atoms with Gasteiger partial charge in [-0.3, -0.25) is 9.88 Å². The molecule has 4 rings (SSSR count). The zero-order valence-corrected chi connectivity index (χ0v) is 16.4. The van der Waals surface area contributed by atoms with Gasteiger partial charge in [0.1, 0.15) is 12.4 Å². The van der Waals surface area contributed by atoms with Gasteiger partial charge in [-0.25, -0.2) is 9.64 Å². The van der Waals surface area contributed by atoms with Crippen molar-refractivity contribution >= 4 is 17.5 Å². The summed E-state index contributed by atoms with van der Waals surface area (Å²) < 4.78 is 5.12. The first kappa shape index (κ1) is 19.4. The number of pyridine rings is 1. The van der Waals surface area contributed by atoms with Crippen molar-refractivity contribution in [3.05, 3.63) is 64.1 Å². The van der Waals surface area contributed by atoms with Gasteiger partial charge < -0.3 is 15.2 Å². The van der Waals surface area contributed by atoms with E-state index in [4.69, 9.17) is 11.3 Å². The molecule has 0 saturated carbocycles. The van der Waals surface area contributed by atoms with E-state index >= 15 is 0 Å². The summed E-state index contributed by atoms with van der Waals surface area (Å²) in [6, 6.07) is 7.49. The van der Waals surface area contributed by atoms with E-state index in [2.05, 4.69) is 20.0 Å². The Morgan fingerprint density at radius 1 is 1.41 bits per heavy atom. The smallest absolute Gasteiger partial charge is 0.338 e. The average molecular weight is 392 g/mol. The van der Waals surface area contributed by atoms with Gasteiger partial charge in [0.2, 0.25) is 5.69 Å². The predicted molar refractivity (Wildman–Crippen MR) is 109 cm³/mol. The fourth-order valence-corrected chi connectivity index (χ4v) is 4.19. The number of fused-ring (bicyclic) bond motifs is 1. The van der Waals surface area contributed by atoms with E-state index in [-0.39, 0.29) is 12.6 Å². The van der Waals surface area contributed by atoms with Crippen molar-refractivity contribution in [1.82, 2.24) is 9.88 Å². The van der Waals surface area contributed by atoms with Crippen LogP contribution < -0.4 is 5.32 Å². The van der Waals surface area contributed by atoms with Crippen LogP contribution in [-0.2, 0) is 11.3 Å². The van der Waals surface area contributed by atoms with Crippen LogP contribution in [0.1, 0.15) is 46.0 Å². The Kier molecular flexibility index (Phi) is 5.47. The third-order valence-electron chi connectivity index (χ3n) is 5.87. The second kappa shape index (κ2) is 8.19.